The standard InChI is InChI=1S/C23H36N4O3.HI/c1-24-23(27-12-10-21(11-13-27)30-15-5-14-29-2)25-17-18-6-3-9-20(16-18)26-22(28)19-7-4-8-19;/h3,6,9,16,19,21H,4-5,7-8,10-15,17H2,1-2H3,(H,24,25)(H,26,28);1H. The number of piperidine rings is 1. The number of guanidine groups is 1. The highest BCUT2D eigenvalue weighted by molar-refractivity contribution is 14.0. The largest absolute Gasteiger partial charge is 0.385 e. The Balaban J connectivity index is 0.00000341. The zero-order valence-corrected chi connectivity index (χ0v) is 21.1. The number of rotatable bonds is 9. The molecule has 1 aliphatic carbocycles. The molecule has 1 aliphatic heterocycles. The van der Waals surface area contributed by atoms with Crippen molar-refractivity contribution < 1.29 is 14.3 Å². The lowest BCUT2D eigenvalue weighted by molar-refractivity contribution is -0.122. The first kappa shape index (κ1) is 25.9. The van der Waals surface area contributed by atoms with Crippen molar-refractivity contribution >= 4 is 41.5 Å². The van der Waals surface area contributed by atoms with Gasteiger partial charge in [-0.1, -0.05) is 18.6 Å². The van der Waals surface area contributed by atoms with E-state index in [2.05, 4.69) is 26.6 Å². The van der Waals surface area contributed by atoms with E-state index >= 15 is 0 Å². The zero-order chi connectivity index (χ0) is 21.2. The summed E-state index contributed by atoms with van der Waals surface area (Å²) in [4.78, 5) is 18.9. The Labute approximate surface area is 203 Å². The fourth-order valence-electron chi connectivity index (χ4n) is 3.87. The van der Waals surface area contributed by atoms with Gasteiger partial charge in [-0.3, -0.25) is 9.79 Å². The average molecular weight is 544 g/mol. The molecule has 0 bridgehead atoms. The first-order chi connectivity index (χ1) is 14.7. The number of benzene rings is 1. The van der Waals surface area contributed by atoms with E-state index in [4.69, 9.17) is 9.47 Å². The minimum Gasteiger partial charge on any atom is -0.385 e. The van der Waals surface area contributed by atoms with Gasteiger partial charge in [-0.15, -0.1) is 24.0 Å². The van der Waals surface area contributed by atoms with E-state index in [0.717, 1.165) is 75.6 Å². The van der Waals surface area contributed by atoms with Crippen LogP contribution in [-0.4, -0.2) is 63.3 Å². The third-order valence-corrected chi connectivity index (χ3v) is 5.92. The van der Waals surface area contributed by atoms with Crippen molar-refractivity contribution in [1.82, 2.24) is 10.2 Å². The summed E-state index contributed by atoms with van der Waals surface area (Å²) in [6.45, 7) is 4.06. The molecule has 0 spiro atoms. The van der Waals surface area contributed by atoms with Gasteiger partial charge in [-0.05, 0) is 49.8 Å². The van der Waals surface area contributed by atoms with E-state index in [1.165, 1.54) is 6.42 Å². The number of carbonyl (C=O) groups excluding carboxylic acids is 1. The Kier molecular flexibility index (Phi) is 11.6. The molecule has 0 unspecified atom stereocenters. The van der Waals surface area contributed by atoms with Crippen LogP contribution in [0.5, 0.6) is 0 Å². The highest BCUT2D eigenvalue weighted by Gasteiger charge is 2.25. The van der Waals surface area contributed by atoms with Crippen molar-refractivity contribution in [2.45, 2.75) is 51.2 Å². The number of aliphatic imine (C=N–C) groups is 1. The SMILES string of the molecule is CN=C(NCc1cccc(NC(=O)C2CCC2)c1)N1CCC(OCCCOC)CC1.I. The average Bonchev–Trinajstić information content (AvgIpc) is 2.71. The maximum absolute atomic E-state index is 12.2. The Morgan fingerprint density at radius 3 is 2.61 bits per heavy atom. The molecule has 2 aliphatic rings. The molecule has 0 atom stereocenters. The highest BCUT2D eigenvalue weighted by atomic mass is 127. The van der Waals surface area contributed by atoms with Crippen molar-refractivity contribution in [3.8, 4) is 0 Å². The van der Waals surface area contributed by atoms with Gasteiger partial charge >= 0.3 is 0 Å². The third kappa shape index (κ3) is 8.23. The lowest BCUT2D eigenvalue weighted by atomic mass is 9.85. The van der Waals surface area contributed by atoms with Gasteiger partial charge in [0.25, 0.3) is 0 Å². The number of nitrogens with one attached hydrogen (secondary N) is 2. The monoisotopic (exact) mass is 544 g/mol. The fourth-order valence-corrected chi connectivity index (χ4v) is 3.87. The van der Waals surface area contributed by atoms with Gasteiger partial charge in [-0.25, -0.2) is 0 Å². The van der Waals surface area contributed by atoms with E-state index in [1.54, 1.807) is 7.11 Å². The first-order valence-electron chi connectivity index (χ1n) is 11.2. The summed E-state index contributed by atoms with van der Waals surface area (Å²) in [5, 5.41) is 6.51. The van der Waals surface area contributed by atoms with Gasteiger partial charge in [0.15, 0.2) is 5.96 Å². The first-order valence-corrected chi connectivity index (χ1v) is 11.2. The number of ether oxygens (including phenoxy) is 2. The van der Waals surface area contributed by atoms with Gasteiger partial charge in [-0.2, -0.15) is 0 Å². The van der Waals surface area contributed by atoms with E-state index in [-0.39, 0.29) is 35.8 Å². The van der Waals surface area contributed by atoms with Crippen LogP contribution < -0.4 is 10.6 Å². The van der Waals surface area contributed by atoms with Crippen LogP contribution in [-0.2, 0) is 20.8 Å². The number of likely N-dealkylation sites (tertiary alicyclic amines) is 1. The number of amides is 1. The van der Waals surface area contributed by atoms with E-state index in [1.807, 2.05) is 25.2 Å². The molecular weight excluding hydrogens is 507 g/mol. The topological polar surface area (TPSA) is 75.2 Å². The summed E-state index contributed by atoms with van der Waals surface area (Å²) in [5.74, 6) is 1.25. The summed E-state index contributed by atoms with van der Waals surface area (Å²) in [6.07, 6.45) is 6.48. The molecule has 3 rings (SSSR count). The second-order valence-electron chi connectivity index (χ2n) is 8.12. The molecular formula is C23H37IN4O3. The van der Waals surface area contributed by atoms with Crippen molar-refractivity contribution in [2.24, 2.45) is 10.9 Å². The molecule has 1 aromatic rings. The number of methoxy groups -OCH3 is 1. The highest BCUT2D eigenvalue weighted by Crippen LogP contribution is 2.27. The lowest BCUT2D eigenvalue weighted by Crippen LogP contribution is -2.46. The van der Waals surface area contributed by atoms with Crippen LogP contribution in [0.15, 0.2) is 29.3 Å². The van der Waals surface area contributed by atoms with Crippen LogP contribution in [0.25, 0.3) is 0 Å². The minimum atomic E-state index is 0. The maximum Gasteiger partial charge on any atom is 0.227 e. The molecule has 174 valence electrons. The molecule has 1 heterocycles. The minimum absolute atomic E-state index is 0. The fraction of sp³-hybridized carbons (Fsp3) is 0.652. The third-order valence-electron chi connectivity index (χ3n) is 5.92. The molecule has 1 saturated carbocycles. The van der Waals surface area contributed by atoms with E-state index < -0.39 is 0 Å². The van der Waals surface area contributed by atoms with Crippen molar-refractivity contribution in [2.75, 3.05) is 45.8 Å². The summed E-state index contributed by atoms with van der Waals surface area (Å²) < 4.78 is 11.0. The van der Waals surface area contributed by atoms with Gasteiger partial charge in [0.2, 0.25) is 5.91 Å². The smallest absolute Gasteiger partial charge is 0.227 e. The molecule has 1 amide bonds. The molecule has 2 N–H and O–H groups in total. The van der Waals surface area contributed by atoms with Crippen LogP contribution in [0.2, 0.25) is 0 Å². The van der Waals surface area contributed by atoms with Gasteiger partial charge in [0.1, 0.15) is 0 Å². The molecule has 1 saturated heterocycles. The molecule has 0 radical (unpaired) electrons. The number of hydrogen-bond acceptors (Lipinski definition) is 4. The predicted octanol–water partition coefficient (Wildman–Crippen LogP) is 3.64. The Morgan fingerprint density at radius 1 is 1.19 bits per heavy atom. The van der Waals surface area contributed by atoms with E-state index in [9.17, 15) is 4.79 Å². The molecule has 0 aromatic heterocycles. The van der Waals surface area contributed by atoms with E-state index in [0.29, 0.717) is 12.6 Å². The normalized spacial score (nSPS) is 17.6. The predicted molar refractivity (Wildman–Crippen MR) is 135 cm³/mol. The number of carbonyl (C=O) groups is 1. The van der Waals surface area contributed by atoms with Crippen molar-refractivity contribution in [3.05, 3.63) is 29.8 Å². The number of halogens is 1. The number of hydrogen-bond donors (Lipinski definition) is 2. The molecule has 2 fully saturated rings. The molecule has 8 heteroatoms. The van der Waals surface area contributed by atoms with Gasteiger partial charge < -0.3 is 25.0 Å². The summed E-state index contributed by atoms with van der Waals surface area (Å²) in [5.41, 5.74) is 1.99. The maximum atomic E-state index is 12.2. The van der Waals surface area contributed by atoms with Crippen LogP contribution in [0.4, 0.5) is 5.69 Å². The Bertz CT molecular complexity index is 704. The Hall–Kier alpha value is -1.39. The quantitative estimate of drug-likeness (QED) is 0.215. The second kappa shape index (κ2) is 13.9. The lowest BCUT2D eigenvalue weighted by Gasteiger charge is -2.34. The summed E-state index contributed by atoms with van der Waals surface area (Å²) in [6, 6.07) is 8.05. The van der Waals surface area contributed by atoms with Crippen molar-refractivity contribution in [3.63, 3.8) is 0 Å². The van der Waals surface area contributed by atoms with Crippen LogP contribution in [0.1, 0.15) is 44.1 Å². The molecule has 1 aromatic carbocycles. The van der Waals surface area contributed by atoms with Crippen LogP contribution in [0.3, 0.4) is 0 Å². The number of anilines is 1. The second-order valence-corrected chi connectivity index (χ2v) is 8.12. The molecule has 31 heavy (non-hydrogen) atoms. The summed E-state index contributed by atoms with van der Waals surface area (Å²) >= 11 is 0. The van der Waals surface area contributed by atoms with Crippen LogP contribution >= 0.6 is 24.0 Å². The van der Waals surface area contributed by atoms with Gasteiger partial charge in [0, 0.05) is 58.6 Å². The summed E-state index contributed by atoms with van der Waals surface area (Å²) in [7, 11) is 3.55. The Morgan fingerprint density at radius 2 is 1.97 bits per heavy atom. The molecule has 7 nitrogen and oxygen atoms in total. The zero-order valence-electron chi connectivity index (χ0n) is 18.8. The van der Waals surface area contributed by atoms with Crippen LogP contribution in [0, 0.1) is 5.92 Å². The number of nitrogens with zero attached hydrogens (tertiary/aromatic N) is 2. The van der Waals surface area contributed by atoms with Gasteiger partial charge in [0.05, 0.1) is 6.10 Å². The van der Waals surface area contributed by atoms with Crippen molar-refractivity contribution in [1.29, 1.82) is 0 Å².